The standard InChI is InChI=1S/C18H15NO3/c20-18-7-6-14-8-15-11-19(10-13-4-2-1-3-5-13)12-21-16(15)9-17(14)22-18/h1-9H,10-12H2. The van der Waals surface area contributed by atoms with Crippen LogP contribution < -0.4 is 10.4 Å². The van der Waals surface area contributed by atoms with Crippen molar-refractivity contribution in [1.29, 1.82) is 0 Å². The first-order chi connectivity index (χ1) is 10.8. The van der Waals surface area contributed by atoms with Gasteiger partial charge in [0.1, 0.15) is 18.1 Å². The van der Waals surface area contributed by atoms with Gasteiger partial charge < -0.3 is 9.15 Å². The topological polar surface area (TPSA) is 42.7 Å². The molecule has 0 atom stereocenters. The van der Waals surface area contributed by atoms with E-state index in [2.05, 4.69) is 17.0 Å². The van der Waals surface area contributed by atoms with Crippen LogP contribution in [0.5, 0.6) is 5.75 Å². The average Bonchev–Trinajstić information content (AvgIpc) is 2.54. The molecule has 22 heavy (non-hydrogen) atoms. The minimum atomic E-state index is -0.339. The number of rotatable bonds is 2. The molecule has 0 N–H and O–H groups in total. The lowest BCUT2D eigenvalue weighted by Crippen LogP contribution is -2.31. The van der Waals surface area contributed by atoms with Crippen LogP contribution in [-0.4, -0.2) is 11.6 Å². The summed E-state index contributed by atoms with van der Waals surface area (Å²) in [5.74, 6) is 0.797. The Morgan fingerprint density at radius 3 is 2.77 bits per heavy atom. The molecule has 0 aliphatic carbocycles. The molecule has 4 heteroatoms. The molecule has 1 aliphatic rings. The summed E-state index contributed by atoms with van der Waals surface area (Å²) < 4.78 is 11.0. The van der Waals surface area contributed by atoms with E-state index in [-0.39, 0.29) is 5.63 Å². The predicted octanol–water partition coefficient (Wildman–Crippen LogP) is 3.15. The van der Waals surface area contributed by atoms with E-state index in [0.717, 1.165) is 29.8 Å². The molecule has 0 spiro atoms. The van der Waals surface area contributed by atoms with Gasteiger partial charge in [0.15, 0.2) is 0 Å². The molecule has 1 aromatic heterocycles. The highest BCUT2D eigenvalue weighted by Crippen LogP contribution is 2.30. The summed E-state index contributed by atoms with van der Waals surface area (Å²) in [4.78, 5) is 13.5. The number of hydrogen-bond acceptors (Lipinski definition) is 4. The Labute approximate surface area is 127 Å². The Balaban J connectivity index is 1.63. The van der Waals surface area contributed by atoms with Crippen molar-refractivity contribution in [2.75, 3.05) is 6.73 Å². The first-order valence-electron chi connectivity index (χ1n) is 7.24. The van der Waals surface area contributed by atoms with Crippen molar-refractivity contribution in [2.45, 2.75) is 13.1 Å². The van der Waals surface area contributed by atoms with Crippen molar-refractivity contribution >= 4 is 11.0 Å². The van der Waals surface area contributed by atoms with E-state index < -0.39 is 0 Å². The van der Waals surface area contributed by atoms with Crippen LogP contribution in [0.1, 0.15) is 11.1 Å². The van der Waals surface area contributed by atoms with E-state index in [0.29, 0.717) is 12.3 Å². The smallest absolute Gasteiger partial charge is 0.336 e. The molecule has 0 unspecified atom stereocenters. The lowest BCUT2D eigenvalue weighted by Gasteiger charge is -2.29. The summed E-state index contributed by atoms with van der Waals surface area (Å²) in [6.45, 7) is 2.20. The third kappa shape index (κ3) is 2.49. The van der Waals surface area contributed by atoms with Gasteiger partial charge >= 0.3 is 5.63 Å². The number of benzene rings is 2. The van der Waals surface area contributed by atoms with Crippen LogP contribution in [0.25, 0.3) is 11.0 Å². The van der Waals surface area contributed by atoms with E-state index in [1.54, 1.807) is 6.07 Å². The third-order valence-electron chi connectivity index (χ3n) is 3.85. The fourth-order valence-corrected chi connectivity index (χ4v) is 2.79. The van der Waals surface area contributed by atoms with E-state index >= 15 is 0 Å². The molecular weight excluding hydrogens is 278 g/mol. The summed E-state index contributed by atoms with van der Waals surface area (Å²) in [6.07, 6.45) is 0. The summed E-state index contributed by atoms with van der Waals surface area (Å²) >= 11 is 0. The van der Waals surface area contributed by atoms with Crippen LogP contribution in [-0.2, 0) is 13.1 Å². The highest BCUT2D eigenvalue weighted by molar-refractivity contribution is 5.79. The molecular formula is C18H15NO3. The second-order valence-electron chi connectivity index (χ2n) is 5.50. The minimum absolute atomic E-state index is 0.339. The van der Waals surface area contributed by atoms with Crippen molar-refractivity contribution in [3.63, 3.8) is 0 Å². The average molecular weight is 293 g/mol. The molecule has 2 heterocycles. The van der Waals surface area contributed by atoms with Gasteiger partial charge in [0.25, 0.3) is 0 Å². The first kappa shape index (κ1) is 13.1. The summed E-state index contributed by atoms with van der Waals surface area (Å²) in [5.41, 5.74) is 2.61. The molecule has 2 aromatic carbocycles. The summed E-state index contributed by atoms with van der Waals surface area (Å²) in [6, 6.07) is 17.4. The van der Waals surface area contributed by atoms with Gasteiger partial charge in [-0.05, 0) is 17.7 Å². The first-order valence-corrected chi connectivity index (χ1v) is 7.24. The molecule has 0 saturated heterocycles. The van der Waals surface area contributed by atoms with Gasteiger partial charge in [0.2, 0.25) is 0 Å². The summed E-state index contributed by atoms with van der Waals surface area (Å²) in [5, 5.41) is 0.920. The zero-order valence-electron chi connectivity index (χ0n) is 12.0. The zero-order valence-corrected chi connectivity index (χ0v) is 12.0. The number of nitrogens with zero attached hydrogens (tertiary/aromatic N) is 1. The predicted molar refractivity (Wildman–Crippen MR) is 83.7 cm³/mol. The van der Waals surface area contributed by atoms with E-state index in [9.17, 15) is 4.79 Å². The van der Waals surface area contributed by atoms with Gasteiger partial charge in [-0.25, -0.2) is 4.79 Å². The van der Waals surface area contributed by atoms with Crippen molar-refractivity contribution < 1.29 is 9.15 Å². The van der Waals surface area contributed by atoms with Gasteiger partial charge in [-0.3, -0.25) is 4.90 Å². The van der Waals surface area contributed by atoms with Gasteiger partial charge in [0, 0.05) is 36.2 Å². The number of hydrogen-bond donors (Lipinski definition) is 0. The Morgan fingerprint density at radius 1 is 1.05 bits per heavy atom. The third-order valence-corrected chi connectivity index (χ3v) is 3.85. The Bertz CT molecular complexity index is 870. The van der Waals surface area contributed by atoms with Crippen LogP contribution >= 0.6 is 0 Å². The lowest BCUT2D eigenvalue weighted by molar-refractivity contribution is 0.0888. The van der Waals surface area contributed by atoms with Crippen molar-refractivity contribution in [3.8, 4) is 5.75 Å². The van der Waals surface area contributed by atoms with Gasteiger partial charge in [-0.15, -0.1) is 0 Å². The molecule has 4 nitrogen and oxygen atoms in total. The second-order valence-corrected chi connectivity index (χ2v) is 5.50. The van der Waals surface area contributed by atoms with Crippen LogP contribution in [0.2, 0.25) is 0 Å². The van der Waals surface area contributed by atoms with Crippen molar-refractivity contribution in [2.24, 2.45) is 0 Å². The largest absolute Gasteiger partial charge is 0.478 e. The molecule has 0 amide bonds. The fourth-order valence-electron chi connectivity index (χ4n) is 2.79. The fraction of sp³-hybridized carbons (Fsp3) is 0.167. The van der Waals surface area contributed by atoms with Crippen LogP contribution in [0.15, 0.2) is 63.8 Å². The normalized spacial score (nSPS) is 14.5. The van der Waals surface area contributed by atoms with Crippen LogP contribution in [0.3, 0.4) is 0 Å². The molecule has 0 radical (unpaired) electrons. The molecule has 4 rings (SSSR count). The number of ether oxygens (including phenoxy) is 1. The van der Waals surface area contributed by atoms with Crippen LogP contribution in [0, 0.1) is 0 Å². The Morgan fingerprint density at radius 2 is 1.91 bits per heavy atom. The molecule has 1 aliphatic heterocycles. The van der Waals surface area contributed by atoms with E-state index in [1.807, 2.05) is 30.3 Å². The maximum Gasteiger partial charge on any atom is 0.336 e. The monoisotopic (exact) mass is 293 g/mol. The molecule has 0 fully saturated rings. The maximum atomic E-state index is 11.3. The zero-order chi connectivity index (χ0) is 14.9. The Hall–Kier alpha value is -2.59. The Kier molecular flexibility index (Phi) is 3.16. The SMILES string of the molecule is O=c1ccc2cc3c(cc2o1)OCN(Cc1ccccc1)C3. The second kappa shape index (κ2) is 5.31. The molecule has 110 valence electrons. The molecule has 3 aromatic rings. The van der Waals surface area contributed by atoms with Crippen molar-refractivity contribution in [3.05, 3.63) is 76.1 Å². The van der Waals surface area contributed by atoms with Gasteiger partial charge in [-0.1, -0.05) is 30.3 Å². The van der Waals surface area contributed by atoms with Crippen LogP contribution in [0.4, 0.5) is 0 Å². The summed E-state index contributed by atoms with van der Waals surface area (Å²) in [7, 11) is 0. The number of fused-ring (bicyclic) bond motifs is 2. The van der Waals surface area contributed by atoms with Gasteiger partial charge in [-0.2, -0.15) is 0 Å². The maximum absolute atomic E-state index is 11.3. The lowest BCUT2D eigenvalue weighted by atomic mass is 10.1. The molecule has 0 bridgehead atoms. The minimum Gasteiger partial charge on any atom is -0.478 e. The van der Waals surface area contributed by atoms with E-state index in [1.165, 1.54) is 11.6 Å². The molecule has 0 saturated carbocycles. The highest BCUT2D eigenvalue weighted by atomic mass is 16.5. The van der Waals surface area contributed by atoms with E-state index in [4.69, 9.17) is 9.15 Å². The van der Waals surface area contributed by atoms with Gasteiger partial charge in [0.05, 0.1) is 0 Å². The highest BCUT2D eigenvalue weighted by Gasteiger charge is 2.18. The van der Waals surface area contributed by atoms with Crippen molar-refractivity contribution in [1.82, 2.24) is 4.90 Å². The quantitative estimate of drug-likeness (QED) is 0.681.